The number of aromatic carboxylic acids is 1. The fourth-order valence-electron chi connectivity index (χ4n) is 2.14. The lowest BCUT2D eigenvalue weighted by molar-refractivity contribution is -0.00277. The summed E-state index contributed by atoms with van der Waals surface area (Å²) in [6, 6.07) is 3.65. The van der Waals surface area contributed by atoms with Crippen molar-refractivity contribution in [3.05, 3.63) is 28.8 Å². The van der Waals surface area contributed by atoms with Crippen LogP contribution >= 0.6 is 11.6 Å². The van der Waals surface area contributed by atoms with E-state index in [1.54, 1.807) is 0 Å². The molecule has 21 heavy (non-hydrogen) atoms. The van der Waals surface area contributed by atoms with Crippen LogP contribution in [0.2, 0.25) is 5.02 Å². The van der Waals surface area contributed by atoms with Gasteiger partial charge in [-0.25, -0.2) is 13.2 Å². The van der Waals surface area contributed by atoms with E-state index in [0.29, 0.717) is 6.61 Å². The van der Waals surface area contributed by atoms with Crippen molar-refractivity contribution in [2.24, 2.45) is 0 Å². The van der Waals surface area contributed by atoms with Gasteiger partial charge in [-0.05, 0) is 24.6 Å². The quantitative estimate of drug-likeness (QED) is 0.908. The van der Waals surface area contributed by atoms with E-state index in [4.69, 9.17) is 21.4 Å². The number of hydrogen-bond donors (Lipinski definition) is 1. The second kappa shape index (κ2) is 6.31. The fraction of sp³-hybridized carbons (Fsp3) is 0.462. The first kappa shape index (κ1) is 16.2. The number of ether oxygens (including phenoxy) is 1. The minimum absolute atomic E-state index is 0.00532. The van der Waals surface area contributed by atoms with Gasteiger partial charge in [-0.3, -0.25) is 0 Å². The highest BCUT2D eigenvalue weighted by Gasteiger charge is 2.30. The molecule has 0 radical (unpaired) electrons. The number of nitrogens with zero attached hydrogens (tertiary/aromatic N) is 1. The Hall–Kier alpha value is -1.15. The molecule has 1 saturated heterocycles. The van der Waals surface area contributed by atoms with Crippen LogP contribution in [0.15, 0.2) is 23.1 Å². The van der Waals surface area contributed by atoms with Crippen LogP contribution in [0.25, 0.3) is 0 Å². The number of carbonyl (C=O) groups is 1. The Bertz CT molecular complexity index is 646. The van der Waals surface area contributed by atoms with Crippen LogP contribution in [0.1, 0.15) is 23.7 Å². The summed E-state index contributed by atoms with van der Waals surface area (Å²) in [5, 5.41) is 8.82. The summed E-state index contributed by atoms with van der Waals surface area (Å²) in [7, 11) is -3.69. The third-order valence-corrected chi connectivity index (χ3v) is 5.54. The SMILES string of the molecule is CCC1CN(S(=O)(=O)c2ccc(C(=O)O)c(Cl)c2)CCO1. The number of benzene rings is 1. The van der Waals surface area contributed by atoms with Gasteiger partial charge in [0.2, 0.25) is 10.0 Å². The molecule has 0 spiro atoms. The Labute approximate surface area is 128 Å². The van der Waals surface area contributed by atoms with Crippen molar-refractivity contribution in [3.63, 3.8) is 0 Å². The number of carboxylic acids is 1. The van der Waals surface area contributed by atoms with Crippen molar-refractivity contribution in [3.8, 4) is 0 Å². The average Bonchev–Trinajstić information content (AvgIpc) is 2.46. The molecule has 1 unspecified atom stereocenters. The van der Waals surface area contributed by atoms with E-state index in [2.05, 4.69) is 0 Å². The molecule has 6 nitrogen and oxygen atoms in total. The zero-order valence-corrected chi connectivity index (χ0v) is 13.0. The first-order valence-corrected chi connectivity index (χ1v) is 8.32. The molecule has 116 valence electrons. The van der Waals surface area contributed by atoms with E-state index in [1.807, 2.05) is 6.92 Å². The molecule has 1 heterocycles. The molecule has 0 amide bonds. The lowest BCUT2D eigenvalue weighted by Crippen LogP contribution is -2.45. The van der Waals surface area contributed by atoms with Crippen molar-refractivity contribution in [1.29, 1.82) is 0 Å². The maximum Gasteiger partial charge on any atom is 0.337 e. The Morgan fingerprint density at radius 1 is 1.52 bits per heavy atom. The average molecular weight is 334 g/mol. The van der Waals surface area contributed by atoms with Gasteiger partial charge < -0.3 is 9.84 Å². The van der Waals surface area contributed by atoms with Gasteiger partial charge in [0.05, 0.1) is 28.2 Å². The first-order valence-electron chi connectivity index (χ1n) is 6.51. The van der Waals surface area contributed by atoms with Gasteiger partial charge in [0.1, 0.15) is 0 Å². The van der Waals surface area contributed by atoms with E-state index in [1.165, 1.54) is 22.5 Å². The van der Waals surface area contributed by atoms with Crippen molar-refractivity contribution in [2.75, 3.05) is 19.7 Å². The van der Waals surface area contributed by atoms with Crippen molar-refractivity contribution in [1.82, 2.24) is 4.31 Å². The molecule has 8 heteroatoms. The van der Waals surface area contributed by atoms with Crippen molar-refractivity contribution in [2.45, 2.75) is 24.3 Å². The van der Waals surface area contributed by atoms with Gasteiger partial charge in [-0.15, -0.1) is 0 Å². The second-order valence-corrected chi connectivity index (χ2v) is 7.06. The molecule has 1 aliphatic rings. The highest BCUT2D eigenvalue weighted by molar-refractivity contribution is 7.89. The van der Waals surface area contributed by atoms with Gasteiger partial charge in [0, 0.05) is 13.1 Å². The Kier molecular flexibility index (Phi) is 4.88. The molecule has 1 atom stereocenters. The Morgan fingerprint density at radius 3 is 2.81 bits per heavy atom. The smallest absolute Gasteiger partial charge is 0.337 e. The van der Waals surface area contributed by atoms with E-state index in [0.717, 1.165) is 6.42 Å². The number of halogens is 1. The summed E-state index contributed by atoms with van der Waals surface area (Å²) >= 11 is 5.84. The topological polar surface area (TPSA) is 83.9 Å². The van der Waals surface area contributed by atoms with Crippen LogP contribution in [0.4, 0.5) is 0 Å². The van der Waals surface area contributed by atoms with E-state index < -0.39 is 16.0 Å². The molecule has 0 saturated carbocycles. The van der Waals surface area contributed by atoms with Crippen LogP contribution in [-0.2, 0) is 14.8 Å². The highest BCUT2D eigenvalue weighted by Crippen LogP contribution is 2.25. The van der Waals surface area contributed by atoms with Crippen LogP contribution < -0.4 is 0 Å². The maximum absolute atomic E-state index is 12.5. The zero-order chi connectivity index (χ0) is 15.6. The molecular weight excluding hydrogens is 318 g/mol. The third-order valence-electron chi connectivity index (χ3n) is 3.37. The van der Waals surface area contributed by atoms with E-state index in [-0.39, 0.29) is 34.7 Å². The molecule has 1 fully saturated rings. The predicted molar refractivity (Wildman–Crippen MR) is 77.2 cm³/mol. The lowest BCUT2D eigenvalue weighted by atomic mass is 10.2. The summed E-state index contributed by atoms with van der Waals surface area (Å²) in [5.41, 5.74) is -0.121. The molecule has 0 aliphatic carbocycles. The van der Waals surface area contributed by atoms with Crippen LogP contribution in [0.5, 0.6) is 0 Å². The minimum atomic E-state index is -3.69. The maximum atomic E-state index is 12.5. The molecule has 1 aromatic rings. The fourth-order valence-corrected chi connectivity index (χ4v) is 3.94. The van der Waals surface area contributed by atoms with E-state index in [9.17, 15) is 13.2 Å². The number of hydrogen-bond acceptors (Lipinski definition) is 4. The molecule has 1 N–H and O–H groups in total. The van der Waals surface area contributed by atoms with E-state index >= 15 is 0 Å². The molecule has 2 rings (SSSR count). The largest absolute Gasteiger partial charge is 0.478 e. The van der Waals surface area contributed by atoms with Gasteiger partial charge >= 0.3 is 5.97 Å². The first-order chi connectivity index (χ1) is 9.86. The predicted octanol–water partition coefficient (Wildman–Crippen LogP) is 1.84. The number of carboxylic acid groups (broad SMARTS) is 1. The third kappa shape index (κ3) is 3.37. The monoisotopic (exact) mass is 333 g/mol. The van der Waals surface area contributed by atoms with Crippen LogP contribution in [0.3, 0.4) is 0 Å². The molecule has 1 aliphatic heterocycles. The lowest BCUT2D eigenvalue weighted by Gasteiger charge is -2.31. The van der Waals surface area contributed by atoms with Crippen LogP contribution in [-0.4, -0.2) is 49.6 Å². The van der Waals surface area contributed by atoms with Gasteiger partial charge in [0.25, 0.3) is 0 Å². The molecule has 1 aromatic carbocycles. The molecule has 0 bridgehead atoms. The number of sulfonamides is 1. The van der Waals surface area contributed by atoms with Crippen molar-refractivity contribution >= 4 is 27.6 Å². The number of rotatable bonds is 4. The minimum Gasteiger partial charge on any atom is -0.478 e. The summed E-state index contributed by atoms with van der Waals surface area (Å²) < 4.78 is 31.9. The summed E-state index contributed by atoms with van der Waals surface area (Å²) in [5.74, 6) is -1.19. The van der Waals surface area contributed by atoms with Gasteiger partial charge in [-0.2, -0.15) is 4.31 Å². The Morgan fingerprint density at radius 2 is 2.24 bits per heavy atom. The van der Waals surface area contributed by atoms with Crippen molar-refractivity contribution < 1.29 is 23.1 Å². The zero-order valence-electron chi connectivity index (χ0n) is 11.5. The summed E-state index contributed by atoms with van der Waals surface area (Å²) in [6.45, 7) is 2.84. The second-order valence-electron chi connectivity index (χ2n) is 4.71. The van der Waals surface area contributed by atoms with Gasteiger partial charge in [-0.1, -0.05) is 18.5 Å². The summed E-state index contributed by atoms with van der Waals surface area (Å²) in [6.07, 6.45) is 0.604. The normalized spacial score (nSPS) is 20.4. The standard InChI is InChI=1S/C13H16ClNO5S/c1-2-9-8-15(5-6-20-9)21(18,19)10-3-4-11(13(16)17)12(14)7-10/h3-4,7,9H,2,5-6,8H2,1H3,(H,16,17). The Balaban J connectivity index is 2.31. The molecule has 0 aromatic heterocycles. The molecular formula is C13H16ClNO5S. The number of morpholine rings is 1. The van der Waals surface area contributed by atoms with Crippen LogP contribution in [0, 0.1) is 0 Å². The van der Waals surface area contributed by atoms with Gasteiger partial charge in [0.15, 0.2) is 0 Å². The highest BCUT2D eigenvalue weighted by atomic mass is 35.5. The summed E-state index contributed by atoms with van der Waals surface area (Å²) in [4.78, 5) is 10.9.